The summed E-state index contributed by atoms with van der Waals surface area (Å²) in [5.74, 6) is -3.65. The molecule has 36 heavy (non-hydrogen) atoms. The van der Waals surface area contributed by atoms with Crippen molar-refractivity contribution in [3.63, 3.8) is 0 Å². The lowest BCUT2D eigenvalue weighted by atomic mass is 10.1. The highest BCUT2D eigenvalue weighted by Gasteiger charge is 2.28. The van der Waals surface area contributed by atoms with Crippen LogP contribution in [-0.2, 0) is 4.79 Å². The summed E-state index contributed by atoms with van der Waals surface area (Å²) in [6.45, 7) is 0. The van der Waals surface area contributed by atoms with Crippen LogP contribution in [0.15, 0.2) is 53.4 Å². The first-order valence-corrected chi connectivity index (χ1v) is 12.3. The first-order valence-electron chi connectivity index (χ1n) is 9.76. The van der Waals surface area contributed by atoms with Gasteiger partial charge in [0.1, 0.15) is 0 Å². The number of rotatable bonds is 8. The number of thioether (sulfide) groups is 1. The maximum absolute atomic E-state index is 12.8. The Hall–Kier alpha value is -2.95. The van der Waals surface area contributed by atoms with Crippen LogP contribution in [0, 0.1) is 0 Å². The van der Waals surface area contributed by atoms with Crippen LogP contribution < -0.4 is 10.6 Å². The van der Waals surface area contributed by atoms with Gasteiger partial charge in [0.25, 0.3) is 5.91 Å². The Morgan fingerprint density at radius 3 is 1.69 bits per heavy atom. The summed E-state index contributed by atoms with van der Waals surface area (Å²) < 4.78 is 0. The number of anilines is 2. The number of carboxylic acid groups (broad SMARTS) is 2. The van der Waals surface area contributed by atoms with Crippen LogP contribution in [0.25, 0.3) is 0 Å². The standard InChI is InChI=1S/C23H14Cl4N2O6S/c24-17-15(16(23(34)35)18(25)20(27)19(17)26)21(31)29-12-5-7-13(8-6-12)36-9-14(30)28-11-3-1-10(2-4-11)22(32)33/h1-8H,9H2,(H,28,30)(H,29,31)(H,32,33)(H,34,35). The molecular formula is C23H14Cl4N2O6S. The Kier molecular flexibility index (Phi) is 9.10. The van der Waals surface area contributed by atoms with E-state index in [0.717, 1.165) is 0 Å². The van der Waals surface area contributed by atoms with Gasteiger partial charge in [0.05, 0.1) is 42.5 Å². The average molecular weight is 588 g/mol. The Balaban J connectivity index is 1.64. The van der Waals surface area contributed by atoms with Crippen molar-refractivity contribution in [2.75, 3.05) is 16.4 Å². The zero-order valence-corrected chi connectivity index (χ0v) is 21.6. The minimum absolute atomic E-state index is 0.0751. The first-order chi connectivity index (χ1) is 17.0. The van der Waals surface area contributed by atoms with Crippen molar-refractivity contribution in [3.8, 4) is 0 Å². The topological polar surface area (TPSA) is 133 Å². The fourth-order valence-electron chi connectivity index (χ4n) is 2.92. The highest BCUT2D eigenvalue weighted by atomic mass is 35.5. The third-order valence-corrected chi connectivity index (χ3v) is 7.42. The van der Waals surface area contributed by atoms with Crippen LogP contribution >= 0.6 is 58.2 Å². The summed E-state index contributed by atoms with van der Waals surface area (Å²) in [6.07, 6.45) is 0. The molecular weight excluding hydrogens is 574 g/mol. The molecule has 0 saturated heterocycles. The molecule has 4 N–H and O–H groups in total. The fourth-order valence-corrected chi connectivity index (χ4v) is 4.63. The van der Waals surface area contributed by atoms with Crippen molar-refractivity contribution in [2.24, 2.45) is 0 Å². The lowest BCUT2D eigenvalue weighted by Gasteiger charge is -2.14. The zero-order chi connectivity index (χ0) is 26.6. The Morgan fingerprint density at radius 1 is 0.667 bits per heavy atom. The molecule has 0 spiro atoms. The van der Waals surface area contributed by atoms with Gasteiger partial charge in [0.2, 0.25) is 5.91 Å². The summed E-state index contributed by atoms with van der Waals surface area (Å²) in [7, 11) is 0. The Labute approximate surface area is 228 Å². The Morgan fingerprint density at radius 2 is 1.17 bits per heavy atom. The van der Waals surface area contributed by atoms with Crippen molar-refractivity contribution >= 4 is 93.3 Å². The molecule has 0 fully saturated rings. The molecule has 8 nitrogen and oxygen atoms in total. The van der Waals surface area contributed by atoms with E-state index in [4.69, 9.17) is 51.5 Å². The number of carbonyl (C=O) groups is 4. The van der Waals surface area contributed by atoms with E-state index in [2.05, 4.69) is 10.6 Å². The molecule has 0 atom stereocenters. The number of amides is 2. The number of nitrogens with one attached hydrogen (secondary N) is 2. The summed E-state index contributed by atoms with van der Waals surface area (Å²) in [6, 6.07) is 12.2. The lowest BCUT2D eigenvalue weighted by Crippen LogP contribution is -2.18. The highest BCUT2D eigenvalue weighted by molar-refractivity contribution is 8.00. The molecule has 3 aromatic rings. The van der Waals surface area contributed by atoms with Crippen LogP contribution in [0.3, 0.4) is 0 Å². The summed E-state index contributed by atoms with van der Waals surface area (Å²) in [5, 5.41) is 22.3. The molecule has 0 bridgehead atoms. The second-order valence-corrected chi connectivity index (χ2v) is 9.57. The van der Waals surface area contributed by atoms with Crippen molar-refractivity contribution in [2.45, 2.75) is 4.90 Å². The minimum Gasteiger partial charge on any atom is -0.478 e. The van der Waals surface area contributed by atoms with Gasteiger partial charge in [-0.25, -0.2) is 9.59 Å². The molecule has 186 valence electrons. The van der Waals surface area contributed by atoms with Gasteiger partial charge in [-0.15, -0.1) is 11.8 Å². The minimum atomic E-state index is -1.51. The third-order valence-electron chi connectivity index (χ3n) is 4.61. The molecule has 0 radical (unpaired) electrons. The van der Waals surface area contributed by atoms with Gasteiger partial charge < -0.3 is 20.8 Å². The van der Waals surface area contributed by atoms with E-state index in [9.17, 15) is 24.3 Å². The molecule has 0 unspecified atom stereocenters. The zero-order valence-electron chi connectivity index (χ0n) is 17.8. The van der Waals surface area contributed by atoms with Crippen molar-refractivity contribution in [3.05, 3.63) is 85.3 Å². The number of aromatic carboxylic acids is 2. The van der Waals surface area contributed by atoms with E-state index >= 15 is 0 Å². The van der Waals surface area contributed by atoms with Gasteiger partial charge >= 0.3 is 11.9 Å². The summed E-state index contributed by atoms with van der Waals surface area (Å²) in [5.41, 5.74) is -0.120. The molecule has 0 aliphatic carbocycles. The van der Waals surface area contributed by atoms with Crippen LogP contribution in [-0.4, -0.2) is 39.7 Å². The predicted molar refractivity (Wildman–Crippen MR) is 141 cm³/mol. The SMILES string of the molecule is O=C(CSc1ccc(NC(=O)c2c(Cl)c(Cl)c(Cl)c(Cl)c2C(=O)O)cc1)Nc1ccc(C(=O)O)cc1. The lowest BCUT2D eigenvalue weighted by molar-refractivity contribution is -0.113. The van der Waals surface area contributed by atoms with E-state index in [1.54, 1.807) is 24.3 Å². The second-order valence-electron chi connectivity index (χ2n) is 7.01. The van der Waals surface area contributed by atoms with E-state index in [1.807, 2.05) is 0 Å². The predicted octanol–water partition coefficient (Wildman–Crippen LogP) is 6.68. The van der Waals surface area contributed by atoms with Gasteiger partial charge in [-0.1, -0.05) is 46.4 Å². The molecule has 0 saturated carbocycles. The van der Waals surface area contributed by atoms with Gasteiger partial charge in [-0.3, -0.25) is 9.59 Å². The molecule has 0 aromatic heterocycles. The summed E-state index contributed by atoms with van der Waals surface area (Å²) >= 11 is 25.2. The quantitative estimate of drug-likeness (QED) is 0.131. The monoisotopic (exact) mass is 586 g/mol. The normalized spacial score (nSPS) is 10.6. The number of hydrogen-bond acceptors (Lipinski definition) is 5. The number of carbonyl (C=O) groups excluding carboxylic acids is 2. The van der Waals surface area contributed by atoms with Gasteiger partial charge in [-0.05, 0) is 48.5 Å². The highest BCUT2D eigenvalue weighted by Crippen LogP contribution is 2.41. The second kappa shape index (κ2) is 11.9. The average Bonchev–Trinajstić information content (AvgIpc) is 2.84. The third kappa shape index (κ3) is 6.43. The molecule has 3 rings (SSSR count). The number of halogens is 4. The van der Waals surface area contributed by atoms with Crippen molar-refractivity contribution in [1.82, 2.24) is 0 Å². The largest absolute Gasteiger partial charge is 0.478 e. The fraction of sp³-hybridized carbons (Fsp3) is 0.0435. The van der Waals surface area contributed by atoms with E-state index < -0.39 is 34.0 Å². The molecule has 2 amide bonds. The van der Waals surface area contributed by atoms with E-state index in [-0.39, 0.29) is 32.3 Å². The number of carboxylic acids is 2. The van der Waals surface area contributed by atoms with Crippen molar-refractivity contribution < 1.29 is 29.4 Å². The van der Waals surface area contributed by atoms with Crippen molar-refractivity contribution in [1.29, 1.82) is 0 Å². The van der Waals surface area contributed by atoms with E-state index in [0.29, 0.717) is 16.3 Å². The van der Waals surface area contributed by atoms with Gasteiger partial charge in [0, 0.05) is 16.3 Å². The van der Waals surface area contributed by atoms with Crippen LogP contribution in [0.2, 0.25) is 20.1 Å². The molecule has 3 aromatic carbocycles. The van der Waals surface area contributed by atoms with Crippen LogP contribution in [0.5, 0.6) is 0 Å². The molecule has 0 aliphatic heterocycles. The number of hydrogen-bond donors (Lipinski definition) is 4. The van der Waals surface area contributed by atoms with Gasteiger partial charge in [-0.2, -0.15) is 0 Å². The number of benzene rings is 3. The first kappa shape index (κ1) is 27.6. The van der Waals surface area contributed by atoms with Crippen LogP contribution in [0.1, 0.15) is 31.1 Å². The smallest absolute Gasteiger partial charge is 0.338 e. The Bertz CT molecular complexity index is 1360. The molecule has 0 aliphatic rings. The van der Waals surface area contributed by atoms with Gasteiger partial charge in [0.15, 0.2) is 0 Å². The summed E-state index contributed by atoms with van der Waals surface area (Å²) in [4.78, 5) is 48.2. The van der Waals surface area contributed by atoms with Crippen LogP contribution in [0.4, 0.5) is 11.4 Å². The maximum atomic E-state index is 12.8. The molecule has 13 heteroatoms. The maximum Gasteiger partial charge on any atom is 0.338 e. The molecule has 0 heterocycles. The van der Waals surface area contributed by atoms with E-state index in [1.165, 1.54) is 36.0 Å².